The summed E-state index contributed by atoms with van der Waals surface area (Å²) in [6.07, 6.45) is 0. The molecule has 0 aliphatic heterocycles. The van der Waals surface area contributed by atoms with E-state index in [0.717, 1.165) is 11.4 Å². The van der Waals surface area contributed by atoms with Crippen LogP contribution in [0, 0.1) is 18.3 Å². The predicted octanol–water partition coefficient (Wildman–Crippen LogP) is 2.23. The molecule has 0 radical (unpaired) electrons. The Labute approximate surface area is 76.8 Å². The molecule has 3 heteroatoms. The van der Waals surface area contributed by atoms with Crippen LogP contribution < -0.4 is 5.32 Å². The molecular weight excluding hydrogens is 168 g/mol. The maximum atomic E-state index is 8.85. The van der Waals surface area contributed by atoms with Crippen molar-refractivity contribution in [1.82, 2.24) is 5.32 Å². The number of nitrogens with zero attached hydrogens (tertiary/aromatic N) is 1. The first-order valence-corrected chi connectivity index (χ1v) is 4.84. The van der Waals surface area contributed by atoms with Gasteiger partial charge in [0.1, 0.15) is 6.04 Å². The second-order valence-corrected chi connectivity index (χ2v) is 3.54. The Morgan fingerprint density at radius 2 is 2.50 bits per heavy atom. The van der Waals surface area contributed by atoms with Gasteiger partial charge < -0.3 is 0 Å². The van der Waals surface area contributed by atoms with Gasteiger partial charge in [0.15, 0.2) is 0 Å². The molecule has 12 heavy (non-hydrogen) atoms. The maximum absolute atomic E-state index is 8.85. The van der Waals surface area contributed by atoms with Crippen LogP contribution in [0.3, 0.4) is 0 Å². The van der Waals surface area contributed by atoms with E-state index in [0.29, 0.717) is 0 Å². The van der Waals surface area contributed by atoms with Crippen LogP contribution in [0.4, 0.5) is 0 Å². The third-order valence-corrected chi connectivity index (χ3v) is 2.79. The minimum Gasteiger partial charge on any atom is -0.298 e. The summed E-state index contributed by atoms with van der Waals surface area (Å²) in [7, 11) is 0. The lowest BCUT2D eigenvalue weighted by Crippen LogP contribution is -2.18. The zero-order valence-corrected chi connectivity index (χ0v) is 8.11. The van der Waals surface area contributed by atoms with Gasteiger partial charge in [0.25, 0.3) is 0 Å². The van der Waals surface area contributed by atoms with Crippen molar-refractivity contribution in [2.75, 3.05) is 6.54 Å². The Kier molecular flexibility index (Phi) is 3.27. The molecule has 64 valence electrons. The molecule has 0 aliphatic rings. The first kappa shape index (κ1) is 9.24. The molecule has 1 aromatic heterocycles. The first-order valence-electron chi connectivity index (χ1n) is 3.96. The van der Waals surface area contributed by atoms with Gasteiger partial charge >= 0.3 is 0 Å². The van der Waals surface area contributed by atoms with Crippen molar-refractivity contribution in [2.24, 2.45) is 0 Å². The summed E-state index contributed by atoms with van der Waals surface area (Å²) in [5, 5.41) is 14.0. The van der Waals surface area contributed by atoms with Crippen molar-refractivity contribution >= 4 is 11.3 Å². The summed E-state index contributed by atoms with van der Waals surface area (Å²) in [4.78, 5) is 1.14. The summed E-state index contributed by atoms with van der Waals surface area (Å²) in [5.74, 6) is 0. The molecule has 0 saturated carbocycles. The molecule has 1 atom stereocenters. The molecule has 1 heterocycles. The van der Waals surface area contributed by atoms with E-state index >= 15 is 0 Å². The van der Waals surface area contributed by atoms with Crippen molar-refractivity contribution in [3.8, 4) is 6.07 Å². The van der Waals surface area contributed by atoms with E-state index in [9.17, 15) is 0 Å². The molecule has 1 rings (SSSR count). The van der Waals surface area contributed by atoms with Crippen LogP contribution in [0.5, 0.6) is 0 Å². The quantitative estimate of drug-likeness (QED) is 0.774. The molecule has 0 fully saturated rings. The van der Waals surface area contributed by atoms with Crippen molar-refractivity contribution in [1.29, 1.82) is 5.26 Å². The number of hydrogen-bond donors (Lipinski definition) is 1. The van der Waals surface area contributed by atoms with Crippen LogP contribution in [0.25, 0.3) is 0 Å². The number of thiophene rings is 1. The third-order valence-electron chi connectivity index (χ3n) is 1.70. The second-order valence-electron chi connectivity index (χ2n) is 2.59. The fourth-order valence-corrected chi connectivity index (χ4v) is 2.03. The molecule has 1 N–H and O–H groups in total. The lowest BCUT2D eigenvalue weighted by Gasteiger charge is -2.07. The van der Waals surface area contributed by atoms with E-state index in [2.05, 4.69) is 11.4 Å². The number of nitrogens with one attached hydrogen (secondary N) is 1. The van der Waals surface area contributed by atoms with Gasteiger partial charge in [-0.2, -0.15) is 5.26 Å². The van der Waals surface area contributed by atoms with Crippen LogP contribution in [0.15, 0.2) is 11.4 Å². The lowest BCUT2D eigenvalue weighted by molar-refractivity contribution is 0.665. The Morgan fingerprint density at radius 1 is 1.75 bits per heavy atom. The van der Waals surface area contributed by atoms with Gasteiger partial charge in [0.2, 0.25) is 0 Å². The Hall–Kier alpha value is -0.850. The summed E-state index contributed by atoms with van der Waals surface area (Å²) in [5.41, 5.74) is 1.20. The highest BCUT2D eigenvalue weighted by Gasteiger charge is 2.11. The highest BCUT2D eigenvalue weighted by Crippen LogP contribution is 2.22. The van der Waals surface area contributed by atoms with Crippen molar-refractivity contribution in [2.45, 2.75) is 19.9 Å². The van der Waals surface area contributed by atoms with Gasteiger partial charge in [0, 0.05) is 4.88 Å². The van der Waals surface area contributed by atoms with E-state index in [4.69, 9.17) is 5.26 Å². The topological polar surface area (TPSA) is 35.8 Å². The molecular formula is C9H12N2S. The number of rotatable bonds is 3. The SMILES string of the molecule is CCNC(C#N)c1sccc1C. The predicted molar refractivity (Wildman–Crippen MR) is 51.1 cm³/mol. The molecule has 0 aliphatic carbocycles. The standard InChI is InChI=1S/C9H12N2S/c1-3-11-8(6-10)9-7(2)4-5-12-9/h4-5,8,11H,3H2,1-2H3. The van der Waals surface area contributed by atoms with Gasteiger partial charge in [0.05, 0.1) is 6.07 Å². The number of nitriles is 1. The molecule has 2 nitrogen and oxygen atoms in total. The zero-order chi connectivity index (χ0) is 8.97. The van der Waals surface area contributed by atoms with Gasteiger partial charge in [-0.15, -0.1) is 11.3 Å². The maximum Gasteiger partial charge on any atom is 0.130 e. The second kappa shape index (κ2) is 4.24. The molecule has 0 amide bonds. The lowest BCUT2D eigenvalue weighted by atomic mass is 10.2. The van der Waals surface area contributed by atoms with E-state index in [1.807, 2.05) is 25.3 Å². The van der Waals surface area contributed by atoms with Gasteiger partial charge in [-0.1, -0.05) is 6.92 Å². The van der Waals surface area contributed by atoms with Crippen LogP contribution in [0.1, 0.15) is 23.4 Å². The van der Waals surface area contributed by atoms with Gasteiger partial charge in [-0.05, 0) is 30.5 Å². The summed E-state index contributed by atoms with van der Waals surface area (Å²) < 4.78 is 0. The first-order chi connectivity index (χ1) is 5.79. The normalized spacial score (nSPS) is 12.4. The van der Waals surface area contributed by atoms with E-state index in [1.54, 1.807) is 11.3 Å². The fourth-order valence-electron chi connectivity index (χ4n) is 1.08. The number of hydrogen-bond acceptors (Lipinski definition) is 3. The molecule has 0 saturated heterocycles. The molecule has 0 spiro atoms. The van der Waals surface area contributed by atoms with Crippen LogP contribution >= 0.6 is 11.3 Å². The summed E-state index contributed by atoms with van der Waals surface area (Å²) >= 11 is 1.64. The Bertz CT molecular complexity index is 285. The average Bonchev–Trinajstić information content (AvgIpc) is 2.47. The summed E-state index contributed by atoms with van der Waals surface area (Å²) in [6.45, 7) is 4.87. The van der Waals surface area contributed by atoms with E-state index < -0.39 is 0 Å². The van der Waals surface area contributed by atoms with E-state index in [-0.39, 0.29) is 6.04 Å². The van der Waals surface area contributed by atoms with Crippen LogP contribution in [0.2, 0.25) is 0 Å². The van der Waals surface area contributed by atoms with Gasteiger partial charge in [-0.3, -0.25) is 5.32 Å². The van der Waals surface area contributed by atoms with Crippen LogP contribution in [-0.2, 0) is 0 Å². The largest absolute Gasteiger partial charge is 0.298 e. The summed E-state index contributed by atoms with van der Waals surface area (Å²) in [6, 6.07) is 4.16. The average molecular weight is 180 g/mol. The number of aryl methyl sites for hydroxylation is 1. The van der Waals surface area contributed by atoms with Crippen molar-refractivity contribution < 1.29 is 0 Å². The molecule has 1 aromatic rings. The molecule has 0 aromatic carbocycles. The van der Waals surface area contributed by atoms with Crippen molar-refractivity contribution in [3.63, 3.8) is 0 Å². The Morgan fingerprint density at radius 3 is 2.92 bits per heavy atom. The highest BCUT2D eigenvalue weighted by atomic mass is 32.1. The third kappa shape index (κ3) is 1.84. The monoisotopic (exact) mass is 180 g/mol. The zero-order valence-electron chi connectivity index (χ0n) is 7.29. The molecule has 0 bridgehead atoms. The molecule has 1 unspecified atom stereocenters. The smallest absolute Gasteiger partial charge is 0.130 e. The highest BCUT2D eigenvalue weighted by molar-refractivity contribution is 7.10. The minimum atomic E-state index is -0.130. The fraction of sp³-hybridized carbons (Fsp3) is 0.444. The van der Waals surface area contributed by atoms with E-state index in [1.165, 1.54) is 5.56 Å². The Balaban J connectivity index is 2.81. The van der Waals surface area contributed by atoms with Crippen LogP contribution in [-0.4, -0.2) is 6.54 Å². The van der Waals surface area contributed by atoms with Gasteiger partial charge in [-0.25, -0.2) is 0 Å². The minimum absolute atomic E-state index is 0.130. The van der Waals surface area contributed by atoms with Crippen molar-refractivity contribution in [3.05, 3.63) is 21.9 Å².